The number of anilines is 6. The smallest absolute Gasteiger partial charge is 0.241 e. The minimum atomic E-state index is -1.58. The van der Waals surface area contributed by atoms with Gasteiger partial charge in [0.1, 0.15) is 0 Å². The predicted octanol–water partition coefficient (Wildman–Crippen LogP) is 14.2. The third kappa shape index (κ3) is 9.94. The van der Waals surface area contributed by atoms with Gasteiger partial charge in [-0.05, 0) is 82.2 Å². The molecule has 0 unspecified atom stereocenters. The molecule has 0 N–H and O–H groups in total. The van der Waals surface area contributed by atoms with Crippen molar-refractivity contribution in [2.75, 3.05) is 9.80 Å². The number of rotatable bonds is 14. The molecule has 0 bridgehead atoms. The van der Waals surface area contributed by atoms with Gasteiger partial charge < -0.3 is 9.80 Å². The lowest BCUT2D eigenvalue weighted by Crippen LogP contribution is -2.51. The van der Waals surface area contributed by atoms with Crippen LogP contribution in [0.3, 0.4) is 0 Å². The summed E-state index contributed by atoms with van der Waals surface area (Å²) in [4.78, 5) is 4.99. The van der Waals surface area contributed by atoms with E-state index in [1.54, 1.807) is 0 Å². The van der Waals surface area contributed by atoms with Crippen molar-refractivity contribution >= 4 is 139 Å². The van der Waals surface area contributed by atoms with Crippen LogP contribution in [-0.2, 0) is 0 Å². The van der Waals surface area contributed by atoms with Crippen LogP contribution in [0.1, 0.15) is 0 Å². The molecule has 6 heteroatoms. The summed E-state index contributed by atoms with van der Waals surface area (Å²) in [6.07, 6.45) is 0. The van der Waals surface area contributed by atoms with Crippen LogP contribution in [0.15, 0.2) is 279 Å². The van der Waals surface area contributed by atoms with Crippen LogP contribution in [0, 0.1) is 0 Å². The minimum absolute atomic E-state index is 0.101. The van der Waals surface area contributed by atoms with E-state index in [1.807, 2.05) is 0 Å². The van der Waals surface area contributed by atoms with Gasteiger partial charge in [0, 0.05) is 33.5 Å². The van der Waals surface area contributed by atoms with Gasteiger partial charge in [-0.15, -0.1) is 0 Å². The van der Waals surface area contributed by atoms with Gasteiger partial charge in [0.05, 0.1) is 27.5 Å². The van der Waals surface area contributed by atoms with E-state index in [4.69, 9.17) is 0 Å². The molecule has 0 aromatic heterocycles. The number of hydrogen-bond donors (Lipinski definition) is 0. The van der Waals surface area contributed by atoms with Gasteiger partial charge in [-0.25, -0.2) is 0 Å². The van der Waals surface area contributed by atoms with Crippen molar-refractivity contribution in [3.63, 3.8) is 0 Å². The lowest BCUT2D eigenvalue weighted by atomic mass is 9.37. The topological polar surface area (TPSA) is 6.48 Å². The summed E-state index contributed by atoms with van der Waals surface area (Å²) in [7, 11) is -3.15. The Hall–Kier alpha value is -8.42. The van der Waals surface area contributed by atoms with Crippen LogP contribution in [0.2, 0.25) is 39.3 Å². The maximum absolute atomic E-state index is 2.49. The molecule has 0 amide bonds. The second-order valence-electron chi connectivity index (χ2n) is 22.9. The Kier molecular flexibility index (Phi) is 13.7. The van der Waals surface area contributed by atoms with Crippen LogP contribution in [0.25, 0.3) is 32.3 Å². The lowest BCUT2D eigenvalue weighted by molar-refractivity contribution is 1.30. The molecule has 0 spiro atoms. The predicted molar refractivity (Wildman–Crippen MR) is 349 cm³/mol. The number of benzene rings is 12. The maximum atomic E-state index is 2.49. The summed E-state index contributed by atoms with van der Waals surface area (Å²) in [5.74, 6) is 0. The van der Waals surface area contributed by atoms with E-state index in [0.717, 1.165) is 34.1 Å². The maximum Gasteiger partial charge on any atom is 0.241 e. The minimum Gasteiger partial charge on any atom is -0.310 e. The summed E-state index contributed by atoms with van der Waals surface area (Å²) in [6.45, 7) is 14.8. The van der Waals surface area contributed by atoms with E-state index in [2.05, 4.69) is 328 Å². The summed E-state index contributed by atoms with van der Waals surface area (Å²) in [6, 6.07) is 104. The van der Waals surface area contributed by atoms with Crippen LogP contribution >= 0.6 is 0 Å². The molecule has 0 atom stereocenters. The zero-order valence-electron chi connectivity index (χ0n) is 45.6. The van der Waals surface area contributed by atoms with Gasteiger partial charge in [-0.1, -0.05) is 301 Å². The van der Waals surface area contributed by atoms with E-state index < -0.39 is 16.1 Å². The molecule has 12 rings (SSSR count). The molecule has 12 aromatic carbocycles. The van der Waals surface area contributed by atoms with Crippen LogP contribution in [-0.4, -0.2) is 29.6 Å². The highest BCUT2D eigenvalue weighted by atomic mass is 28.3. The van der Waals surface area contributed by atoms with Gasteiger partial charge in [0.15, 0.2) is 0 Å². The first-order valence-electron chi connectivity index (χ1n) is 27.6. The Morgan fingerprint density at radius 2 is 0.462 bits per heavy atom. The molecule has 0 fully saturated rings. The molecular formula is C72H64B2N2Si2. The molecule has 0 aliphatic carbocycles. The number of fused-ring (bicyclic) bond motifs is 5. The Labute approximate surface area is 464 Å². The van der Waals surface area contributed by atoms with Gasteiger partial charge in [-0.2, -0.15) is 0 Å². The van der Waals surface area contributed by atoms with Gasteiger partial charge in [-0.3, -0.25) is 0 Å². The molecule has 0 saturated heterocycles. The van der Waals surface area contributed by atoms with Crippen molar-refractivity contribution in [1.82, 2.24) is 0 Å². The van der Waals surface area contributed by atoms with E-state index in [0.29, 0.717) is 0 Å². The normalized spacial score (nSPS) is 11.7. The van der Waals surface area contributed by atoms with Crippen molar-refractivity contribution < 1.29 is 0 Å². The zero-order valence-corrected chi connectivity index (χ0v) is 47.6. The average Bonchev–Trinajstić information content (AvgIpc) is 3.61. The quantitative estimate of drug-likeness (QED) is 0.0791. The molecule has 376 valence electrons. The monoisotopic (exact) mass is 1030 g/mol. The van der Waals surface area contributed by atoms with Gasteiger partial charge in [0.25, 0.3) is 0 Å². The molecule has 0 heterocycles. The van der Waals surface area contributed by atoms with E-state index >= 15 is 0 Å². The van der Waals surface area contributed by atoms with Crippen molar-refractivity contribution in [2.24, 2.45) is 0 Å². The molecule has 0 aliphatic rings. The average molecular weight is 1040 g/mol. The Morgan fingerprint density at radius 1 is 0.231 bits per heavy atom. The Bertz CT molecular complexity index is 3670. The van der Waals surface area contributed by atoms with Gasteiger partial charge >= 0.3 is 0 Å². The first-order valence-corrected chi connectivity index (χ1v) is 34.6. The second-order valence-corrected chi connectivity index (χ2v) is 33.1. The Morgan fingerprint density at radius 3 is 0.731 bits per heavy atom. The standard InChI is InChI=1S/C72H64B2N2Si2/c1-77(2,3)63-47-43-61(44-48-63)75(59-39-35-57(36-40-59)73(53-23-11-7-12-24-53)54-25-13-8-14-26-54)71-51-69-66-32-20-22-34-68(66)72(52-70(69)65-31-19-21-33-67(65)71)76(62-45-49-64(50-46-62)78(4,5)6)60-41-37-58(38-42-60)74(55-27-15-9-16-28-55)56-29-17-10-18-30-56/h7-52H,1-6H3. The number of nitrogens with zero attached hydrogens (tertiary/aromatic N) is 2. The highest BCUT2D eigenvalue weighted by Gasteiger charge is 2.27. The van der Waals surface area contributed by atoms with E-state index in [9.17, 15) is 0 Å². The summed E-state index contributed by atoms with van der Waals surface area (Å²) in [5, 5.41) is 10.1. The SMILES string of the molecule is C[Si](C)(C)c1ccc(N(c2ccc(B(c3ccccc3)c3ccccc3)cc2)c2cc3c4ccccc4c(N(c4ccc(B(c5ccccc5)c5ccccc5)cc4)c4ccc([Si](C)(C)C)cc4)cc3c3ccccc23)cc1. The van der Waals surface area contributed by atoms with Crippen molar-refractivity contribution in [2.45, 2.75) is 39.3 Å². The molecule has 0 saturated carbocycles. The summed E-state index contributed by atoms with van der Waals surface area (Å²) in [5.41, 5.74) is 14.4. The summed E-state index contributed by atoms with van der Waals surface area (Å²) < 4.78 is 0. The zero-order chi connectivity index (χ0) is 53.4. The fourth-order valence-electron chi connectivity index (χ4n) is 11.7. The van der Waals surface area contributed by atoms with Crippen LogP contribution < -0.4 is 53.0 Å². The van der Waals surface area contributed by atoms with E-state index in [1.165, 1.54) is 75.5 Å². The van der Waals surface area contributed by atoms with Crippen molar-refractivity contribution in [1.29, 1.82) is 0 Å². The Balaban J connectivity index is 1.05. The molecule has 12 aromatic rings. The van der Waals surface area contributed by atoms with Crippen LogP contribution in [0.4, 0.5) is 34.1 Å². The molecule has 78 heavy (non-hydrogen) atoms. The number of hydrogen-bond acceptors (Lipinski definition) is 2. The fourth-order valence-corrected chi connectivity index (χ4v) is 14.1. The first-order chi connectivity index (χ1) is 38.0. The highest BCUT2D eigenvalue weighted by molar-refractivity contribution is 6.96. The summed E-state index contributed by atoms with van der Waals surface area (Å²) >= 11 is 0. The molecule has 0 radical (unpaired) electrons. The largest absolute Gasteiger partial charge is 0.310 e. The highest BCUT2D eigenvalue weighted by Crippen LogP contribution is 2.47. The fraction of sp³-hybridized carbons (Fsp3) is 0.0833. The second kappa shape index (κ2) is 21.2. The third-order valence-corrected chi connectivity index (χ3v) is 19.9. The van der Waals surface area contributed by atoms with Crippen molar-refractivity contribution in [3.8, 4) is 0 Å². The molecule has 0 aliphatic heterocycles. The first kappa shape index (κ1) is 50.4. The molecular weight excluding hydrogens is 971 g/mol. The lowest BCUT2D eigenvalue weighted by Gasteiger charge is -2.30. The van der Waals surface area contributed by atoms with Crippen LogP contribution in [0.5, 0.6) is 0 Å². The van der Waals surface area contributed by atoms with E-state index in [-0.39, 0.29) is 13.4 Å². The van der Waals surface area contributed by atoms with Gasteiger partial charge in [0.2, 0.25) is 13.4 Å². The molecule has 2 nitrogen and oxygen atoms in total. The van der Waals surface area contributed by atoms with Crippen molar-refractivity contribution in [3.05, 3.63) is 279 Å². The third-order valence-electron chi connectivity index (χ3n) is 15.8.